The Morgan fingerprint density at radius 2 is 2.27 bits per heavy atom. The van der Waals surface area contributed by atoms with E-state index in [1.165, 1.54) is 25.2 Å². The molecule has 1 aromatic rings. The normalized spacial score (nSPS) is 33.5. The fraction of sp³-hybridized carbons (Fsp3) is 0.583. The van der Waals surface area contributed by atoms with Crippen LogP contribution in [0.25, 0.3) is 0 Å². The SMILES string of the molecule is C[NH+]1CC2CC(C1)c1cccc(=O)n1C2. The van der Waals surface area contributed by atoms with E-state index in [9.17, 15) is 4.79 Å². The number of fused-ring (bicyclic) bond motifs is 4. The summed E-state index contributed by atoms with van der Waals surface area (Å²) in [6.45, 7) is 3.33. The molecule has 1 fully saturated rings. The third-order valence-corrected chi connectivity index (χ3v) is 3.79. The lowest BCUT2D eigenvalue weighted by Gasteiger charge is -2.38. The zero-order valence-corrected chi connectivity index (χ0v) is 9.07. The van der Waals surface area contributed by atoms with Crippen molar-refractivity contribution >= 4 is 0 Å². The molecule has 1 N–H and O–H groups in total. The summed E-state index contributed by atoms with van der Waals surface area (Å²) in [6.07, 6.45) is 1.28. The third kappa shape index (κ3) is 1.42. The first-order valence-electron chi connectivity index (χ1n) is 5.75. The number of piperidine rings is 1. The molecule has 1 saturated heterocycles. The third-order valence-electron chi connectivity index (χ3n) is 3.79. The fourth-order valence-electron chi connectivity index (χ4n) is 3.28. The Morgan fingerprint density at radius 1 is 1.40 bits per heavy atom. The molecule has 15 heavy (non-hydrogen) atoms. The molecular formula is C12H17N2O+. The Hall–Kier alpha value is -1.09. The van der Waals surface area contributed by atoms with Gasteiger partial charge in [0.25, 0.3) is 5.56 Å². The summed E-state index contributed by atoms with van der Waals surface area (Å²) >= 11 is 0. The van der Waals surface area contributed by atoms with Gasteiger partial charge in [-0.1, -0.05) is 6.07 Å². The average molecular weight is 205 g/mol. The highest BCUT2D eigenvalue weighted by Crippen LogP contribution is 2.29. The van der Waals surface area contributed by atoms with Crippen molar-refractivity contribution in [1.82, 2.24) is 4.57 Å². The first-order chi connectivity index (χ1) is 7.24. The number of aromatic nitrogens is 1. The molecule has 1 aromatic heterocycles. The Kier molecular flexibility index (Phi) is 1.96. The molecule has 80 valence electrons. The van der Waals surface area contributed by atoms with Crippen LogP contribution in [0.2, 0.25) is 0 Å². The van der Waals surface area contributed by atoms with E-state index in [1.54, 1.807) is 11.0 Å². The monoisotopic (exact) mass is 205 g/mol. The van der Waals surface area contributed by atoms with Crippen molar-refractivity contribution in [3.8, 4) is 0 Å². The molecule has 0 aliphatic carbocycles. The predicted molar refractivity (Wildman–Crippen MR) is 58.2 cm³/mol. The van der Waals surface area contributed by atoms with Gasteiger partial charge in [0.1, 0.15) is 0 Å². The Balaban J connectivity index is 2.10. The van der Waals surface area contributed by atoms with E-state index >= 15 is 0 Å². The number of quaternary nitrogens is 1. The van der Waals surface area contributed by atoms with Crippen LogP contribution < -0.4 is 10.5 Å². The van der Waals surface area contributed by atoms with Crippen LogP contribution in [0.5, 0.6) is 0 Å². The lowest BCUT2D eigenvalue weighted by Crippen LogP contribution is -3.11. The number of hydrogen-bond acceptors (Lipinski definition) is 1. The Morgan fingerprint density at radius 3 is 3.13 bits per heavy atom. The summed E-state index contributed by atoms with van der Waals surface area (Å²) in [6, 6.07) is 5.71. The Labute approximate surface area is 89.3 Å². The topological polar surface area (TPSA) is 26.4 Å². The van der Waals surface area contributed by atoms with Gasteiger partial charge in [-0.15, -0.1) is 0 Å². The number of likely N-dealkylation sites (tertiary alicyclic amines) is 1. The number of rotatable bonds is 0. The van der Waals surface area contributed by atoms with E-state index in [4.69, 9.17) is 0 Å². The molecule has 2 bridgehead atoms. The minimum atomic E-state index is 0.182. The van der Waals surface area contributed by atoms with Crippen LogP contribution in [0, 0.1) is 5.92 Å². The van der Waals surface area contributed by atoms with Crippen molar-refractivity contribution in [3.05, 3.63) is 34.2 Å². The highest BCUT2D eigenvalue weighted by atomic mass is 16.1. The summed E-state index contributed by atoms with van der Waals surface area (Å²) < 4.78 is 1.99. The highest BCUT2D eigenvalue weighted by Gasteiger charge is 2.35. The van der Waals surface area contributed by atoms with E-state index < -0.39 is 0 Å². The van der Waals surface area contributed by atoms with Gasteiger partial charge in [-0.2, -0.15) is 0 Å². The second-order valence-electron chi connectivity index (χ2n) is 5.06. The zero-order chi connectivity index (χ0) is 10.4. The first kappa shape index (κ1) is 9.16. The van der Waals surface area contributed by atoms with Crippen molar-refractivity contribution in [2.45, 2.75) is 18.9 Å². The van der Waals surface area contributed by atoms with E-state index in [2.05, 4.69) is 13.1 Å². The summed E-state index contributed by atoms with van der Waals surface area (Å²) in [5.74, 6) is 1.31. The quantitative estimate of drug-likeness (QED) is 0.606. The van der Waals surface area contributed by atoms with Crippen molar-refractivity contribution in [1.29, 1.82) is 0 Å². The summed E-state index contributed by atoms with van der Waals surface area (Å²) in [5, 5.41) is 0. The minimum absolute atomic E-state index is 0.182. The average Bonchev–Trinajstić information content (AvgIpc) is 2.19. The van der Waals surface area contributed by atoms with Gasteiger partial charge in [0.2, 0.25) is 0 Å². The lowest BCUT2D eigenvalue weighted by atomic mass is 9.83. The van der Waals surface area contributed by atoms with Gasteiger partial charge in [-0.25, -0.2) is 0 Å². The van der Waals surface area contributed by atoms with E-state index in [1.807, 2.05) is 10.6 Å². The predicted octanol–water partition coefficient (Wildman–Crippen LogP) is -0.520. The van der Waals surface area contributed by atoms with Crippen molar-refractivity contribution in [2.24, 2.45) is 5.92 Å². The van der Waals surface area contributed by atoms with Gasteiger partial charge < -0.3 is 9.47 Å². The van der Waals surface area contributed by atoms with Crippen molar-refractivity contribution < 1.29 is 4.90 Å². The largest absolute Gasteiger partial charge is 0.337 e. The highest BCUT2D eigenvalue weighted by molar-refractivity contribution is 5.15. The van der Waals surface area contributed by atoms with Gasteiger partial charge >= 0.3 is 0 Å². The molecule has 3 nitrogen and oxygen atoms in total. The van der Waals surface area contributed by atoms with Gasteiger partial charge in [0.05, 0.1) is 20.1 Å². The molecule has 0 spiro atoms. The van der Waals surface area contributed by atoms with Crippen molar-refractivity contribution in [2.75, 3.05) is 20.1 Å². The molecule has 3 rings (SSSR count). The molecule has 3 unspecified atom stereocenters. The molecule has 0 aromatic carbocycles. The molecule has 0 saturated carbocycles. The summed E-state index contributed by atoms with van der Waals surface area (Å²) in [7, 11) is 2.26. The number of pyridine rings is 1. The molecule has 0 radical (unpaired) electrons. The number of hydrogen-bond donors (Lipinski definition) is 1. The Bertz CT molecular complexity index is 437. The second-order valence-corrected chi connectivity index (χ2v) is 5.06. The maximum atomic E-state index is 11.7. The van der Waals surface area contributed by atoms with Crippen LogP contribution in [-0.4, -0.2) is 24.7 Å². The molecule has 3 atom stereocenters. The van der Waals surface area contributed by atoms with E-state index in [0.29, 0.717) is 11.8 Å². The van der Waals surface area contributed by atoms with Gasteiger partial charge in [-0.05, 0) is 12.5 Å². The summed E-state index contributed by atoms with van der Waals surface area (Å²) in [5.41, 5.74) is 1.44. The zero-order valence-electron chi connectivity index (χ0n) is 9.07. The van der Waals surface area contributed by atoms with Crippen molar-refractivity contribution in [3.63, 3.8) is 0 Å². The molecule has 2 aliphatic rings. The van der Waals surface area contributed by atoms with Crippen LogP contribution in [0.3, 0.4) is 0 Å². The first-order valence-corrected chi connectivity index (χ1v) is 5.75. The molecule has 0 amide bonds. The molecular weight excluding hydrogens is 188 g/mol. The van der Waals surface area contributed by atoms with Crippen LogP contribution >= 0.6 is 0 Å². The molecule has 3 heterocycles. The number of nitrogens with one attached hydrogen (secondary N) is 1. The lowest BCUT2D eigenvalue weighted by molar-refractivity contribution is -0.891. The maximum absolute atomic E-state index is 11.7. The van der Waals surface area contributed by atoms with Crippen LogP contribution in [0.4, 0.5) is 0 Å². The molecule has 2 aliphatic heterocycles. The summed E-state index contributed by atoms with van der Waals surface area (Å²) in [4.78, 5) is 13.3. The fourth-order valence-corrected chi connectivity index (χ4v) is 3.28. The van der Waals surface area contributed by atoms with E-state index in [0.717, 1.165) is 6.54 Å². The van der Waals surface area contributed by atoms with Crippen LogP contribution in [-0.2, 0) is 6.54 Å². The number of nitrogens with zero attached hydrogens (tertiary/aromatic N) is 1. The van der Waals surface area contributed by atoms with Gasteiger partial charge in [0, 0.05) is 30.1 Å². The number of likely N-dealkylation sites (N-methyl/N-ethyl adjacent to an activating group) is 1. The smallest absolute Gasteiger partial charge is 0.250 e. The van der Waals surface area contributed by atoms with Crippen LogP contribution in [0.15, 0.2) is 23.0 Å². The standard InChI is InChI=1S/C12H16N2O/c1-13-6-9-5-10(8-13)11-3-2-4-12(15)14(11)7-9/h2-4,9-10H,5-8H2,1H3/p+1. The second kappa shape index (κ2) is 3.20. The van der Waals surface area contributed by atoms with E-state index in [-0.39, 0.29) is 5.56 Å². The van der Waals surface area contributed by atoms with Gasteiger partial charge in [-0.3, -0.25) is 4.79 Å². The van der Waals surface area contributed by atoms with Crippen LogP contribution in [0.1, 0.15) is 18.0 Å². The minimum Gasteiger partial charge on any atom is -0.337 e. The maximum Gasteiger partial charge on any atom is 0.250 e. The molecule has 3 heteroatoms. The van der Waals surface area contributed by atoms with Gasteiger partial charge in [0.15, 0.2) is 0 Å².